The molecule has 0 radical (unpaired) electrons. The van der Waals surface area contributed by atoms with Crippen LogP contribution >= 0.6 is 0 Å². The van der Waals surface area contributed by atoms with Crippen LogP contribution in [-0.2, 0) is 0 Å². The number of fused-ring (bicyclic) bond motifs is 2. The molecule has 2 saturated heterocycles. The van der Waals surface area contributed by atoms with Gasteiger partial charge in [0.15, 0.2) is 0 Å². The summed E-state index contributed by atoms with van der Waals surface area (Å²) in [5.41, 5.74) is 0. The molecule has 0 spiro atoms. The van der Waals surface area contributed by atoms with E-state index in [0.717, 1.165) is 18.6 Å². The van der Waals surface area contributed by atoms with Gasteiger partial charge in [0.05, 0.1) is 0 Å². The van der Waals surface area contributed by atoms with Crippen molar-refractivity contribution in [3.05, 3.63) is 0 Å². The number of hydrogen-bond donors (Lipinski definition) is 1. The van der Waals surface area contributed by atoms with Crippen LogP contribution in [0.15, 0.2) is 0 Å². The van der Waals surface area contributed by atoms with Crippen molar-refractivity contribution in [3.8, 4) is 0 Å². The molecule has 112 valence electrons. The monoisotopic (exact) mass is 267 g/mol. The molecule has 2 bridgehead atoms. The Bertz CT molecular complexity index is 269. The summed E-state index contributed by atoms with van der Waals surface area (Å²) in [4.78, 5) is 5.38. The summed E-state index contributed by atoms with van der Waals surface area (Å²) in [7, 11) is 2.34. The lowest BCUT2D eigenvalue weighted by Gasteiger charge is -2.32. The molecule has 0 aromatic heterocycles. The molecule has 2 aliphatic rings. The molecule has 2 heterocycles. The second-order valence-corrected chi connectivity index (χ2v) is 6.77. The van der Waals surface area contributed by atoms with Crippen molar-refractivity contribution >= 4 is 0 Å². The highest BCUT2D eigenvalue weighted by Crippen LogP contribution is 2.29. The predicted molar refractivity (Wildman–Crippen MR) is 82.6 cm³/mol. The van der Waals surface area contributed by atoms with E-state index in [2.05, 4.69) is 42.9 Å². The maximum Gasteiger partial charge on any atom is 0.0223 e. The molecule has 0 saturated carbocycles. The van der Waals surface area contributed by atoms with Gasteiger partial charge in [0, 0.05) is 30.7 Å². The Morgan fingerprint density at radius 1 is 1.16 bits per heavy atom. The van der Waals surface area contributed by atoms with E-state index in [1.54, 1.807) is 0 Å². The normalized spacial score (nSPS) is 32.2. The third-order valence-corrected chi connectivity index (χ3v) is 5.24. The third-order valence-electron chi connectivity index (χ3n) is 5.24. The smallest absolute Gasteiger partial charge is 0.0223 e. The van der Waals surface area contributed by atoms with Crippen LogP contribution < -0.4 is 5.32 Å². The van der Waals surface area contributed by atoms with Gasteiger partial charge < -0.3 is 5.32 Å². The van der Waals surface area contributed by atoms with E-state index in [1.807, 2.05) is 0 Å². The van der Waals surface area contributed by atoms with Gasteiger partial charge in [-0.15, -0.1) is 0 Å². The summed E-state index contributed by atoms with van der Waals surface area (Å²) in [6, 6.07) is 3.03. The van der Waals surface area contributed by atoms with Gasteiger partial charge in [0.1, 0.15) is 0 Å². The summed E-state index contributed by atoms with van der Waals surface area (Å²) in [5, 5.41) is 3.62. The Balaban J connectivity index is 1.81. The number of rotatable bonds is 6. The highest BCUT2D eigenvalue weighted by molar-refractivity contribution is 4.92. The highest BCUT2D eigenvalue weighted by atomic mass is 15.3. The molecular formula is C16H33N3. The zero-order valence-corrected chi connectivity index (χ0v) is 13.4. The average Bonchev–Trinajstić information content (AvgIpc) is 2.60. The summed E-state index contributed by atoms with van der Waals surface area (Å²) < 4.78 is 0. The maximum atomic E-state index is 3.62. The number of nitrogens with zero attached hydrogens (tertiary/aromatic N) is 2. The van der Waals surface area contributed by atoms with Gasteiger partial charge in [0.25, 0.3) is 0 Å². The van der Waals surface area contributed by atoms with Crippen LogP contribution in [0.4, 0.5) is 0 Å². The molecule has 2 fully saturated rings. The molecule has 0 amide bonds. The van der Waals surface area contributed by atoms with Gasteiger partial charge >= 0.3 is 0 Å². The first-order valence-electron chi connectivity index (χ1n) is 8.31. The minimum Gasteiger partial charge on any atom is -0.314 e. The summed E-state index contributed by atoms with van der Waals surface area (Å²) in [6.07, 6.45) is 6.72. The first-order chi connectivity index (χ1) is 9.11. The van der Waals surface area contributed by atoms with Crippen molar-refractivity contribution < 1.29 is 0 Å². The molecule has 1 N–H and O–H groups in total. The molecule has 0 aromatic rings. The fraction of sp³-hybridized carbons (Fsp3) is 1.00. The van der Waals surface area contributed by atoms with E-state index in [4.69, 9.17) is 0 Å². The van der Waals surface area contributed by atoms with Crippen LogP contribution in [0.25, 0.3) is 0 Å². The maximum absolute atomic E-state index is 3.62. The molecule has 19 heavy (non-hydrogen) atoms. The van der Waals surface area contributed by atoms with Gasteiger partial charge in [0.2, 0.25) is 0 Å². The molecule has 2 rings (SSSR count). The number of hydrogen-bond acceptors (Lipinski definition) is 3. The fourth-order valence-corrected chi connectivity index (χ4v) is 3.87. The second-order valence-electron chi connectivity index (χ2n) is 6.77. The molecule has 0 aliphatic carbocycles. The Morgan fingerprint density at radius 3 is 2.63 bits per heavy atom. The van der Waals surface area contributed by atoms with Crippen molar-refractivity contribution in [2.45, 2.75) is 77.0 Å². The standard InChI is InChI=1S/C16H33N3/c1-5-9-17-13(2)11-14(3)19-10-8-15-6-7-16(12-19)18(15)4/h13-17H,5-12H2,1-4H3. The van der Waals surface area contributed by atoms with Crippen molar-refractivity contribution in [2.75, 3.05) is 26.7 Å². The lowest BCUT2D eigenvalue weighted by atomic mass is 10.0. The molecule has 2 aliphatic heterocycles. The fourth-order valence-electron chi connectivity index (χ4n) is 3.87. The summed E-state index contributed by atoms with van der Waals surface area (Å²) >= 11 is 0. The zero-order chi connectivity index (χ0) is 13.8. The minimum atomic E-state index is 0.646. The van der Waals surface area contributed by atoms with Gasteiger partial charge in [-0.3, -0.25) is 9.80 Å². The van der Waals surface area contributed by atoms with Gasteiger partial charge in [-0.25, -0.2) is 0 Å². The average molecular weight is 267 g/mol. The van der Waals surface area contributed by atoms with E-state index in [-0.39, 0.29) is 0 Å². The largest absolute Gasteiger partial charge is 0.314 e. The predicted octanol–water partition coefficient (Wildman–Crippen LogP) is 2.32. The Morgan fingerprint density at radius 2 is 1.89 bits per heavy atom. The van der Waals surface area contributed by atoms with Crippen molar-refractivity contribution in [2.24, 2.45) is 0 Å². The molecule has 3 heteroatoms. The van der Waals surface area contributed by atoms with E-state index >= 15 is 0 Å². The van der Waals surface area contributed by atoms with Crippen molar-refractivity contribution in [1.29, 1.82) is 0 Å². The lowest BCUT2D eigenvalue weighted by Crippen LogP contribution is -2.43. The lowest BCUT2D eigenvalue weighted by molar-refractivity contribution is 0.166. The van der Waals surface area contributed by atoms with Crippen LogP contribution in [0.3, 0.4) is 0 Å². The van der Waals surface area contributed by atoms with Crippen molar-refractivity contribution in [3.63, 3.8) is 0 Å². The van der Waals surface area contributed by atoms with Crippen LogP contribution in [0.2, 0.25) is 0 Å². The highest BCUT2D eigenvalue weighted by Gasteiger charge is 2.35. The first-order valence-corrected chi connectivity index (χ1v) is 8.31. The van der Waals surface area contributed by atoms with Crippen LogP contribution in [0.5, 0.6) is 0 Å². The molecule has 4 unspecified atom stereocenters. The van der Waals surface area contributed by atoms with E-state index in [9.17, 15) is 0 Å². The topological polar surface area (TPSA) is 18.5 Å². The number of likely N-dealkylation sites (N-methyl/N-ethyl adjacent to an activating group) is 1. The van der Waals surface area contributed by atoms with E-state index < -0.39 is 0 Å². The molecule has 4 atom stereocenters. The van der Waals surface area contributed by atoms with Gasteiger partial charge in [-0.05, 0) is 66.1 Å². The molecule has 3 nitrogen and oxygen atoms in total. The number of likely N-dealkylation sites (tertiary alicyclic amines) is 1. The van der Waals surface area contributed by atoms with Gasteiger partial charge in [-0.1, -0.05) is 6.92 Å². The first kappa shape index (κ1) is 15.3. The van der Waals surface area contributed by atoms with E-state index in [1.165, 1.54) is 45.2 Å². The summed E-state index contributed by atoms with van der Waals surface area (Å²) in [5.74, 6) is 0. The quantitative estimate of drug-likeness (QED) is 0.797. The zero-order valence-electron chi connectivity index (χ0n) is 13.4. The van der Waals surface area contributed by atoms with Crippen LogP contribution in [-0.4, -0.2) is 60.6 Å². The number of nitrogens with one attached hydrogen (secondary N) is 1. The SMILES string of the molecule is CCCNC(C)CC(C)N1CCC2CCC(C1)N2C. The Labute approximate surface area is 119 Å². The van der Waals surface area contributed by atoms with E-state index in [0.29, 0.717) is 12.1 Å². The Hall–Kier alpha value is -0.120. The Kier molecular flexibility index (Phi) is 5.67. The second kappa shape index (κ2) is 7.05. The minimum absolute atomic E-state index is 0.646. The molecular weight excluding hydrogens is 234 g/mol. The third kappa shape index (κ3) is 3.93. The van der Waals surface area contributed by atoms with Crippen molar-refractivity contribution in [1.82, 2.24) is 15.1 Å². The summed E-state index contributed by atoms with van der Waals surface area (Å²) in [6.45, 7) is 10.7. The van der Waals surface area contributed by atoms with Crippen LogP contribution in [0.1, 0.15) is 52.9 Å². The van der Waals surface area contributed by atoms with Crippen LogP contribution in [0, 0.1) is 0 Å². The molecule has 0 aromatic carbocycles. The van der Waals surface area contributed by atoms with Gasteiger partial charge in [-0.2, -0.15) is 0 Å².